The summed E-state index contributed by atoms with van der Waals surface area (Å²) in [4.78, 5) is 21.0. The Morgan fingerprint density at radius 1 is 1.36 bits per heavy atom. The van der Waals surface area contributed by atoms with E-state index in [-0.39, 0.29) is 5.91 Å². The SMILES string of the molecule is CC(=O)Nc1nc(C)c(-c2csc(NCc3ccco3)n2)s1. The molecular weight excluding hydrogens is 320 g/mol. The molecule has 0 aromatic carbocycles. The van der Waals surface area contributed by atoms with Crippen LogP contribution in [0.2, 0.25) is 0 Å². The number of hydrogen-bond donors (Lipinski definition) is 2. The Morgan fingerprint density at radius 2 is 2.23 bits per heavy atom. The fourth-order valence-electron chi connectivity index (χ4n) is 1.87. The van der Waals surface area contributed by atoms with Crippen LogP contribution in [0.1, 0.15) is 18.4 Å². The summed E-state index contributed by atoms with van der Waals surface area (Å²) in [5.74, 6) is 0.734. The number of aromatic nitrogens is 2. The minimum absolute atomic E-state index is 0.126. The molecule has 1 amide bonds. The summed E-state index contributed by atoms with van der Waals surface area (Å²) < 4.78 is 5.27. The van der Waals surface area contributed by atoms with Gasteiger partial charge in [0.15, 0.2) is 10.3 Å². The van der Waals surface area contributed by atoms with Crippen LogP contribution < -0.4 is 10.6 Å². The molecule has 0 radical (unpaired) electrons. The van der Waals surface area contributed by atoms with Crippen LogP contribution in [0, 0.1) is 6.92 Å². The van der Waals surface area contributed by atoms with Crippen molar-refractivity contribution in [2.24, 2.45) is 0 Å². The smallest absolute Gasteiger partial charge is 0.223 e. The van der Waals surface area contributed by atoms with Gasteiger partial charge in [0.05, 0.1) is 29.1 Å². The molecule has 0 saturated carbocycles. The molecule has 0 aliphatic carbocycles. The van der Waals surface area contributed by atoms with E-state index in [1.165, 1.54) is 29.6 Å². The molecule has 3 heterocycles. The van der Waals surface area contributed by atoms with E-state index in [0.717, 1.165) is 27.2 Å². The summed E-state index contributed by atoms with van der Waals surface area (Å²) in [6.45, 7) is 3.97. The first-order valence-corrected chi connectivity index (χ1v) is 8.28. The topological polar surface area (TPSA) is 80.0 Å². The second-order valence-electron chi connectivity index (χ2n) is 4.59. The molecule has 0 fully saturated rings. The van der Waals surface area contributed by atoms with Gasteiger partial charge >= 0.3 is 0 Å². The fourth-order valence-corrected chi connectivity index (χ4v) is 3.62. The lowest BCUT2D eigenvalue weighted by Gasteiger charge is -1.98. The van der Waals surface area contributed by atoms with Crippen molar-refractivity contribution in [1.82, 2.24) is 9.97 Å². The second kappa shape index (κ2) is 6.29. The van der Waals surface area contributed by atoms with Crippen molar-refractivity contribution in [1.29, 1.82) is 0 Å². The maximum Gasteiger partial charge on any atom is 0.223 e. The number of aryl methyl sites for hydroxylation is 1. The van der Waals surface area contributed by atoms with Gasteiger partial charge in [-0.05, 0) is 19.1 Å². The number of amides is 1. The Bertz CT molecular complexity index is 777. The van der Waals surface area contributed by atoms with E-state index < -0.39 is 0 Å². The van der Waals surface area contributed by atoms with E-state index in [0.29, 0.717) is 11.7 Å². The molecule has 8 heteroatoms. The first-order chi connectivity index (χ1) is 10.6. The Kier molecular flexibility index (Phi) is 4.21. The highest BCUT2D eigenvalue weighted by Crippen LogP contribution is 2.34. The largest absolute Gasteiger partial charge is 0.467 e. The predicted molar refractivity (Wildman–Crippen MR) is 88.3 cm³/mol. The molecule has 0 bridgehead atoms. The number of carbonyl (C=O) groups is 1. The van der Waals surface area contributed by atoms with Crippen LogP contribution in [0.5, 0.6) is 0 Å². The van der Waals surface area contributed by atoms with Gasteiger partial charge in [0, 0.05) is 12.3 Å². The molecule has 6 nitrogen and oxygen atoms in total. The molecule has 0 unspecified atom stereocenters. The Morgan fingerprint density at radius 3 is 2.95 bits per heavy atom. The van der Waals surface area contributed by atoms with Crippen molar-refractivity contribution in [3.05, 3.63) is 35.2 Å². The van der Waals surface area contributed by atoms with Crippen molar-refractivity contribution < 1.29 is 9.21 Å². The molecule has 0 aliphatic heterocycles. The molecule has 3 rings (SSSR count). The maximum absolute atomic E-state index is 11.1. The van der Waals surface area contributed by atoms with Gasteiger partial charge in [0.2, 0.25) is 5.91 Å². The summed E-state index contributed by atoms with van der Waals surface area (Å²) in [5, 5.41) is 9.32. The summed E-state index contributed by atoms with van der Waals surface area (Å²) in [7, 11) is 0. The Balaban J connectivity index is 1.73. The summed E-state index contributed by atoms with van der Waals surface area (Å²) in [5.41, 5.74) is 1.72. The van der Waals surface area contributed by atoms with Gasteiger partial charge in [-0.15, -0.1) is 11.3 Å². The van der Waals surface area contributed by atoms with Gasteiger partial charge in [0.25, 0.3) is 0 Å². The van der Waals surface area contributed by atoms with Crippen LogP contribution in [-0.2, 0) is 11.3 Å². The van der Waals surface area contributed by atoms with Crippen molar-refractivity contribution >= 4 is 38.8 Å². The number of hydrogen-bond acceptors (Lipinski definition) is 7. The van der Waals surface area contributed by atoms with Crippen LogP contribution in [-0.4, -0.2) is 15.9 Å². The minimum Gasteiger partial charge on any atom is -0.467 e. The Hall–Kier alpha value is -2.19. The molecule has 0 atom stereocenters. The quantitative estimate of drug-likeness (QED) is 0.743. The monoisotopic (exact) mass is 334 g/mol. The van der Waals surface area contributed by atoms with E-state index in [9.17, 15) is 4.79 Å². The zero-order chi connectivity index (χ0) is 15.5. The highest BCUT2D eigenvalue weighted by atomic mass is 32.1. The number of anilines is 2. The number of carbonyl (C=O) groups excluding carboxylic acids is 1. The lowest BCUT2D eigenvalue weighted by molar-refractivity contribution is -0.114. The third-order valence-electron chi connectivity index (χ3n) is 2.81. The molecule has 0 aliphatic rings. The van der Waals surface area contributed by atoms with Crippen LogP contribution in [0.3, 0.4) is 0 Å². The molecule has 3 aromatic rings. The fraction of sp³-hybridized carbons (Fsp3) is 0.214. The van der Waals surface area contributed by atoms with Gasteiger partial charge < -0.3 is 15.1 Å². The van der Waals surface area contributed by atoms with Gasteiger partial charge in [-0.25, -0.2) is 9.97 Å². The Labute approximate surface area is 135 Å². The van der Waals surface area contributed by atoms with E-state index >= 15 is 0 Å². The van der Waals surface area contributed by atoms with Crippen LogP contribution in [0.15, 0.2) is 28.2 Å². The average molecular weight is 334 g/mol. The highest BCUT2D eigenvalue weighted by molar-refractivity contribution is 7.19. The van der Waals surface area contributed by atoms with E-state index in [1.54, 1.807) is 6.26 Å². The van der Waals surface area contributed by atoms with Crippen molar-refractivity contribution in [3.63, 3.8) is 0 Å². The zero-order valence-electron chi connectivity index (χ0n) is 12.0. The minimum atomic E-state index is -0.126. The standard InChI is InChI=1S/C14H14N4O2S2/c1-8-12(22-14(16-8)17-9(2)19)11-7-21-13(18-11)15-6-10-4-3-5-20-10/h3-5,7H,6H2,1-2H3,(H,15,18)(H,16,17,19). The number of furan rings is 1. The molecule has 0 spiro atoms. The van der Waals surface area contributed by atoms with Gasteiger partial charge in [-0.2, -0.15) is 0 Å². The maximum atomic E-state index is 11.1. The number of rotatable bonds is 5. The zero-order valence-corrected chi connectivity index (χ0v) is 13.7. The lowest BCUT2D eigenvalue weighted by atomic mass is 10.3. The normalized spacial score (nSPS) is 10.6. The number of thiazole rings is 2. The number of nitrogens with zero attached hydrogens (tertiary/aromatic N) is 2. The third-order valence-corrected chi connectivity index (χ3v) is 4.71. The van der Waals surface area contributed by atoms with E-state index in [2.05, 4.69) is 20.6 Å². The lowest BCUT2D eigenvalue weighted by Crippen LogP contribution is -2.04. The highest BCUT2D eigenvalue weighted by Gasteiger charge is 2.13. The van der Waals surface area contributed by atoms with Crippen LogP contribution in [0.4, 0.5) is 10.3 Å². The molecule has 2 N–H and O–H groups in total. The van der Waals surface area contributed by atoms with Crippen molar-refractivity contribution in [3.8, 4) is 10.6 Å². The molecule has 22 heavy (non-hydrogen) atoms. The molecular formula is C14H14N4O2S2. The predicted octanol–water partition coefficient (Wildman–Crippen LogP) is 3.74. The van der Waals surface area contributed by atoms with Crippen molar-refractivity contribution in [2.45, 2.75) is 20.4 Å². The summed E-state index contributed by atoms with van der Waals surface area (Å²) in [6.07, 6.45) is 1.65. The second-order valence-corrected chi connectivity index (χ2v) is 6.44. The molecule has 114 valence electrons. The van der Waals surface area contributed by atoms with E-state index in [4.69, 9.17) is 4.42 Å². The third kappa shape index (κ3) is 3.34. The van der Waals surface area contributed by atoms with E-state index in [1.807, 2.05) is 24.4 Å². The van der Waals surface area contributed by atoms with Crippen molar-refractivity contribution in [2.75, 3.05) is 10.6 Å². The summed E-state index contributed by atoms with van der Waals surface area (Å²) >= 11 is 2.95. The first kappa shape index (κ1) is 14.7. The first-order valence-electron chi connectivity index (χ1n) is 6.59. The van der Waals surface area contributed by atoms with Gasteiger partial charge in [0.1, 0.15) is 5.76 Å². The van der Waals surface area contributed by atoms with Gasteiger partial charge in [-0.1, -0.05) is 11.3 Å². The average Bonchev–Trinajstić information content (AvgIpc) is 3.16. The van der Waals surface area contributed by atoms with Crippen LogP contribution >= 0.6 is 22.7 Å². The molecule has 3 aromatic heterocycles. The molecule has 0 saturated heterocycles. The number of nitrogens with one attached hydrogen (secondary N) is 2. The summed E-state index contributed by atoms with van der Waals surface area (Å²) in [6, 6.07) is 3.77. The van der Waals surface area contributed by atoms with Crippen LogP contribution in [0.25, 0.3) is 10.6 Å². The van der Waals surface area contributed by atoms with Gasteiger partial charge in [-0.3, -0.25) is 4.79 Å².